The summed E-state index contributed by atoms with van der Waals surface area (Å²) in [4.78, 5) is 2.45. The van der Waals surface area contributed by atoms with E-state index >= 15 is 0 Å². The number of ether oxygens (including phenoxy) is 1. The lowest BCUT2D eigenvalue weighted by Crippen LogP contribution is -2.45. The van der Waals surface area contributed by atoms with Crippen LogP contribution >= 0.6 is 0 Å². The molecule has 2 unspecified atom stereocenters. The fraction of sp³-hybridized carbons (Fsp3) is 1.00. The summed E-state index contributed by atoms with van der Waals surface area (Å²) in [6.45, 7) is 8.70. The Morgan fingerprint density at radius 3 is 2.76 bits per heavy atom. The summed E-state index contributed by atoms with van der Waals surface area (Å²) < 4.78 is 5.55. The molecule has 0 spiro atoms. The first kappa shape index (κ1) is 14.9. The SMILES string of the molecule is CCCCOCCCNC1CCN(C)C(C)C1. The van der Waals surface area contributed by atoms with Crippen molar-refractivity contribution in [2.24, 2.45) is 0 Å². The van der Waals surface area contributed by atoms with Gasteiger partial charge in [-0.1, -0.05) is 13.3 Å². The van der Waals surface area contributed by atoms with E-state index < -0.39 is 0 Å². The molecule has 17 heavy (non-hydrogen) atoms. The number of hydrogen-bond donors (Lipinski definition) is 1. The normalized spacial score (nSPS) is 26.3. The third-order valence-electron chi connectivity index (χ3n) is 3.75. The Kier molecular flexibility index (Phi) is 7.82. The second kappa shape index (κ2) is 8.90. The monoisotopic (exact) mass is 242 g/mol. The predicted molar refractivity (Wildman–Crippen MR) is 73.5 cm³/mol. The number of unbranched alkanes of at least 4 members (excludes halogenated alkanes) is 1. The molecule has 1 saturated heterocycles. The second-order valence-electron chi connectivity index (χ2n) is 5.32. The number of piperidine rings is 1. The van der Waals surface area contributed by atoms with Gasteiger partial charge in [-0.2, -0.15) is 0 Å². The van der Waals surface area contributed by atoms with Crippen LogP contribution in [0.25, 0.3) is 0 Å². The molecule has 0 aromatic carbocycles. The van der Waals surface area contributed by atoms with Gasteiger partial charge in [0.15, 0.2) is 0 Å². The number of rotatable bonds is 8. The number of likely N-dealkylation sites (tertiary alicyclic amines) is 1. The molecular formula is C14H30N2O. The molecule has 1 heterocycles. The largest absolute Gasteiger partial charge is 0.381 e. The second-order valence-corrected chi connectivity index (χ2v) is 5.32. The van der Waals surface area contributed by atoms with Gasteiger partial charge in [-0.15, -0.1) is 0 Å². The zero-order valence-corrected chi connectivity index (χ0v) is 11.9. The van der Waals surface area contributed by atoms with Gasteiger partial charge in [-0.3, -0.25) is 0 Å². The van der Waals surface area contributed by atoms with Crippen LogP contribution < -0.4 is 5.32 Å². The molecule has 0 aliphatic carbocycles. The molecule has 1 fully saturated rings. The summed E-state index contributed by atoms with van der Waals surface area (Å²) in [7, 11) is 2.22. The maximum Gasteiger partial charge on any atom is 0.0478 e. The van der Waals surface area contributed by atoms with Gasteiger partial charge in [0.05, 0.1) is 0 Å². The average Bonchev–Trinajstić information content (AvgIpc) is 2.32. The van der Waals surface area contributed by atoms with E-state index in [1.165, 1.54) is 32.2 Å². The zero-order valence-electron chi connectivity index (χ0n) is 11.9. The molecule has 1 aliphatic rings. The molecule has 0 aromatic heterocycles. The average molecular weight is 242 g/mol. The molecule has 0 aromatic rings. The minimum atomic E-state index is 0.719. The molecule has 0 bridgehead atoms. The van der Waals surface area contributed by atoms with Gasteiger partial charge >= 0.3 is 0 Å². The van der Waals surface area contributed by atoms with Crippen LogP contribution in [0, 0.1) is 0 Å². The Bertz CT molecular complexity index is 187. The van der Waals surface area contributed by atoms with Gasteiger partial charge < -0.3 is 15.0 Å². The van der Waals surface area contributed by atoms with E-state index in [1.54, 1.807) is 0 Å². The quantitative estimate of drug-likeness (QED) is 0.661. The van der Waals surface area contributed by atoms with Gasteiger partial charge in [0.1, 0.15) is 0 Å². The van der Waals surface area contributed by atoms with Crippen molar-refractivity contribution in [2.45, 2.75) is 58.0 Å². The van der Waals surface area contributed by atoms with Gasteiger partial charge in [0.2, 0.25) is 0 Å². The first-order valence-corrected chi connectivity index (χ1v) is 7.25. The van der Waals surface area contributed by atoms with E-state index in [0.717, 1.165) is 38.3 Å². The zero-order chi connectivity index (χ0) is 12.5. The summed E-state index contributed by atoms with van der Waals surface area (Å²) in [5, 5.41) is 3.66. The van der Waals surface area contributed by atoms with E-state index in [4.69, 9.17) is 4.74 Å². The highest BCUT2D eigenvalue weighted by atomic mass is 16.5. The van der Waals surface area contributed by atoms with Crippen molar-refractivity contribution in [3.8, 4) is 0 Å². The van der Waals surface area contributed by atoms with Gasteiger partial charge in [-0.05, 0) is 52.7 Å². The van der Waals surface area contributed by atoms with Gasteiger partial charge in [0.25, 0.3) is 0 Å². The summed E-state index contributed by atoms with van der Waals surface area (Å²) in [6, 6.07) is 1.44. The smallest absolute Gasteiger partial charge is 0.0478 e. The highest BCUT2D eigenvalue weighted by Gasteiger charge is 2.21. The Labute approximate surface area is 107 Å². The Morgan fingerprint density at radius 1 is 1.29 bits per heavy atom. The molecule has 2 atom stereocenters. The van der Waals surface area contributed by atoms with Crippen LogP contribution in [-0.2, 0) is 4.74 Å². The molecule has 1 rings (SSSR count). The standard InChI is InChI=1S/C14H30N2O/c1-4-5-10-17-11-6-8-15-14-7-9-16(3)13(2)12-14/h13-15H,4-12H2,1-3H3. The summed E-state index contributed by atoms with van der Waals surface area (Å²) in [5.74, 6) is 0. The molecule has 0 saturated carbocycles. The fourth-order valence-electron chi connectivity index (χ4n) is 2.30. The van der Waals surface area contributed by atoms with Crippen LogP contribution in [0.2, 0.25) is 0 Å². The first-order chi connectivity index (χ1) is 8.24. The van der Waals surface area contributed by atoms with Crippen LogP contribution in [0.3, 0.4) is 0 Å². The van der Waals surface area contributed by atoms with E-state index in [0.29, 0.717) is 0 Å². The fourth-order valence-corrected chi connectivity index (χ4v) is 2.30. The van der Waals surface area contributed by atoms with Crippen molar-refractivity contribution in [2.75, 3.05) is 33.4 Å². The van der Waals surface area contributed by atoms with Crippen molar-refractivity contribution in [1.82, 2.24) is 10.2 Å². The molecule has 1 N–H and O–H groups in total. The summed E-state index contributed by atoms with van der Waals surface area (Å²) in [6.07, 6.45) is 6.14. The predicted octanol–water partition coefficient (Wildman–Crippen LogP) is 2.27. The molecule has 1 aliphatic heterocycles. The van der Waals surface area contributed by atoms with Crippen molar-refractivity contribution in [3.05, 3.63) is 0 Å². The van der Waals surface area contributed by atoms with Gasteiger partial charge in [0, 0.05) is 25.3 Å². The van der Waals surface area contributed by atoms with Crippen LogP contribution in [0.5, 0.6) is 0 Å². The lowest BCUT2D eigenvalue weighted by Gasteiger charge is -2.35. The minimum absolute atomic E-state index is 0.719. The van der Waals surface area contributed by atoms with Crippen LogP contribution in [0.4, 0.5) is 0 Å². The lowest BCUT2D eigenvalue weighted by atomic mass is 9.99. The highest BCUT2D eigenvalue weighted by Crippen LogP contribution is 2.14. The maximum absolute atomic E-state index is 5.55. The van der Waals surface area contributed by atoms with E-state index in [2.05, 4.69) is 31.1 Å². The maximum atomic E-state index is 5.55. The van der Waals surface area contributed by atoms with Crippen LogP contribution in [0.1, 0.15) is 46.0 Å². The van der Waals surface area contributed by atoms with Crippen LogP contribution in [-0.4, -0.2) is 50.3 Å². The van der Waals surface area contributed by atoms with Gasteiger partial charge in [-0.25, -0.2) is 0 Å². The summed E-state index contributed by atoms with van der Waals surface area (Å²) >= 11 is 0. The van der Waals surface area contributed by atoms with Crippen molar-refractivity contribution in [3.63, 3.8) is 0 Å². The third kappa shape index (κ3) is 6.39. The number of nitrogens with one attached hydrogen (secondary N) is 1. The molecule has 0 radical (unpaired) electrons. The Hall–Kier alpha value is -0.120. The number of nitrogens with zero attached hydrogens (tertiary/aromatic N) is 1. The molecule has 0 amide bonds. The molecular weight excluding hydrogens is 212 g/mol. The van der Waals surface area contributed by atoms with E-state index in [-0.39, 0.29) is 0 Å². The number of hydrogen-bond acceptors (Lipinski definition) is 3. The van der Waals surface area contributed by atoms with Crippen molar-refractivity contribution < 1.29 is 4.74 Å². The van der Waals surface area contributed by atoms with Crippen molar-refractivity contribution in [1.29, 1.82) is 0 Å². The third-order valence-corrected chi connectivity index (χ3v) is 3.75. The molecule has 3 heteroatoms. The van der Waals surface area contributed by atoms with Crippen LogP contribution in [0.15, 0.2) is 0 Å². The van der Waals surface area contributed by atoms with E-state index in [1.807, 2.05) is 0 Å². The first-order valence-electron chi connectivity index (χ1n) is 7.25. The minimum Gasteiger partial charge on any atom is -0.381 e. The highest BCUT2D eigenvalue weighted by molar-refractivity contribution is 4.80. The lowest BCUT2D eigenvalue weighted by molar-refractivity contribution is 0.125. The van der Waals surface area contributed by atoms with Crippen molar-refractivity contribution >= 4 is 0 Å². The molecule has 3 nitrogen and oxygen atoms in total. The Balaban J connectivity index is 1.92. The topological polar surface area (TPSA) is 24.5 Å². The Morgan fingerprint density at radius 2 is 2.06 bits per heavy atom. The molecule has 102 valence electrons. The van der Waals surface area contributed by atoms with E-state index in [9.17, 15) is 0 Å². The summed E-state index contributed by atoms with van der Waals surface area (Å²) in [5.41, 5.74) is 0.